The number of hydrogen-bond donors (Lipinski definition) is 2. The van der Waals surface area contributed by atoms with Crippen molar-refractivity contribution in [2.24, 2.45) is 5.92 Å². The molecule has 108 valence electrons. The highest BCUT2D eigenvalue weighted by atomic mass is 16.4. The Balaban J connectivity index is 1.69. The summed E-state index contributed by atoms with van der Waals surface area (Å²) in [5.41, 5.74) is 1.13. The van der Waals surface area contributed by atoms with Gasteiger partial charge in [0, 0.05) is 32.0 Å². The summed E-state index contributed by atoms with van der Waals surface area (Å²) < 4.78 is 0. The van der Waals surface area contributed by atoms with E-state index < -0.39 is 5.97 Å². The van der Waals surface area contributed by atoms with Crippen molar-refractivity contribution in [3.05, 3.63) is 30.1 Å². The van der Waals surface area contributed by atoms with Gasteiger partial charge in [0.2, 0.25) is 0 Å². The van der Waals surface area contributed by atoms with Crippen LogP contribution in [0.15, 0.2) is 24.5 Å². The van der Waals surface area contributed by atoms with E-state index >= 15 is 0 Å². The van der Waals surface area contributed by atoms with Gasteiger partial charge in [-0.05, 0) is 37.0 Å². The van der Waals surface area contributed by atoms with Gasteiger partial charge >= 0.3 is 12.0 Å². The van der Waals surface area contributed by atoms with Crippen LogP contribution in [0.5, 0.6) is 0 Å². The Bertz CT molecular complexity index is 456. The number of rotatable bonds is 4. The van der Waals surface area contributed by atoms with Crippen LogP contribution in [0.4, 0.5) is 4.79 Å². The maximum absolute atomic E-state index is 11.9. The summed E-state index contributed by atoms with van der Waals surface area (Å²) in [6, 6.07) is 3.73. The first-order valence-electron chi connectivity index (χ1n) is 6.81. The molecule has 0 atom stereocenters. The van der Waals surface area contributed by atoms with Gasteiger partial charge in [-0.1, -0.05) is 0 Å². The Morgan fingerprint density at radius 2 is 1.95 bits per heavy atom. The number of carboxylic acid groups (broad SMARTS) is 1. The molecule has 2 heterocycles. The standard InChI is InChI=1S/C14H19N3O3/c18-13(19)12-4-9-17(10-5-12)14(20)16-8-3-11-1-6-15-7-2-11/h1-2,6-7,12H,3-5,8-10H2,(H,16,20)(H,18,19). The van der Waals surface area contributed by atoms with Gasteiger partial charge in [0.15, 0.2) is 0 Å². The van der Waals surface area contributed by atoms with Crippen LogP contribution in [0.2, 0.25) is 0 Å². The maximum Gasteiger partial charge on any atom is 0.317 e. The molecule has 0 bridgehead atoms. The van der Waals surface area contributed by atoms with Crippen molar-refractivity contribution < 1.29 is 14.7 Å². The summed E-state index contributed by atoms with van der Waals surface area (Å²) in [5, 5.41) is 11.8. The summed E-state index contributed by atoms with van der Waals surface area (Å²) in [6.45, 7) is 1.60. The normalized spacial score (nSPS) is 15.9. The number of urea groups is 1. The molecular weight excluding hydrogens is 258 g/mol. The van der Waals surface area contributed by atoms with Crippen molar-refractivity contribution in [1.29, 1.82) is 0 Å². The molecule has 2 N–H and O–H groups in total. The summed E-state index contributed by atoms with van der Waals surface area (Å²) in [5.74, 6) is -1.07. The van der Waals surface area contributed by atoms with Crippen molar-refractivity contribution in [2.45, 2.75) is 19.3 Å². The van der Waals surface area contributed by atoms with Gasteiger partial charge in [-0.15, -0.1) is 0 Å². The summed E-state index contributed by atoms with van der Waals surface area (Å²) >= 11 is 0. The fraction of sp³-hybridized carbons (Fsp3) is 0.500. The molecule has 1 fully saturated rings. The van der Waals surface area contributed by atoms with Crippen molar-refractivity contribution in [3.8, 4) is 0 Å². The van der Waals surface area contributed by atoms with Crippen molar-refractivity contribution in [3.63, 3.8) is 0 Å². The highest BCUT2D eigenvalue weighted by molar-refractivity contribution is 5.75. The third-order valence-electron chi connectivity index (χ3n) is 3.57. The monoisotopic (exact) mass is 277 g/mol. The molecule has 1 aromatic rings. The highest BCUT2D eigenvalue weighted by Crippen LogP contribution is 2.17. The number of pyridine rings is 1. The van der Waals surface area contributed by atoms with Crippen LogP contribution in [0, 0.1) is 5.92 Å². The lowest BCUT2D eigenvalue weighted by atomic mass is 9.97. The van der Waals surface area contributed by atoms with E-state index in [1.54, 1.807) is 17.3 Å². The number of carbonyl (C=O) groups is 2. The van der Waals surface area contributed by atoms with E-state index in [0.29, 0.717) is 32.5 Å². The molecule has 1 saturated heterocycles. The Morgan fingerprint density at radius 1 is 1.30 bits per heavy atom. The molecule has 0 aromatic carbocycles. The van der Waals surface area contributed by atoms with Gasteiger partial charge in [0.1, 0.15) is 0 Å². The zero-order chi connectivity index (χ0) is 14.4. The number of carbonyl (C=O) groups excluding carboxylic acids is 1. The van der Waals surface area contributed by atoms with Crippen LogP contribution in [0.25, 0.3) is 0 Å². The minimum atomic E-state index is -0.761. The minimum Gasteiger partial charge on any atom is -0.481 e. The molecule has 1 aromatic heterocycles. The first kappa shape index (κ1) is 14.3. The molecule has 6 nitrogen and oxygen atoms in total. The summed E-state index contributed by atoms with van der Waals surface area (Å²) in [6.07, 6.45) is 5.29. The molecule has 0 spiro atoms. The van der Waals surface area contributed by atoms with Gasteiger partial charge in [-0.2, -0.15) is 0 Å². The zero-order valence-electron chi connectivity index (χ0n) is 11.3. The van der Waals surface area contributed by atoms with Crippen molar-refractivity contribution >= 4 is 12.0 Å². The van der Waals surface area contributed by atoms with Gasteiger partial charge in [-0.25, -0.2) is 4.79 Å². The van der Waals surface area contributed by atoms with Crippen LogP contribution >= 0.6 is 0 Å². The number of nitrogens with zero attached hydrogens (tertiary/aromatic N) is 2. The number of aliphatic carboxylic acids is 1. The van der Waals surface area contributed by atoms with E-state index in [1.165, 1.54) is 0 Å². The van der Waals surface area contributed by atoms with Crippen molar-refractivity contribution in [1.82, 2.24) is 15.2 Å². The molecule has 0 unspecified atom stereocenters. The van der Waals surface area contributed by atoms with Crippen LogP contribution in [0.1, 0.15) is 18.4 Å². The summed E-state index contributed by atoms with van der Waals surface area (Å²) in [4.78, 5) is 28.4. The lowest BCUT2D eigenvalue weighted by Crippen LogP contribution is -2.45. The van der Waals surface area contributed by atoms with E-state index in [9.17, 15) is 9.59 Å². The fourth-order valence-electron chi connectivity index (χ4n) is 2.30. The molecule has 1 aliphatic heterocycles. The smallest absolute Gasteiger partial charge is 0.317 e. The number of piperidine rings is 1. The van der Waals surface area contributed by atoms with Crippen molar-refractivity contribution in [2.75, 3.05) is 19.6 Å². The molecule has 6 heteroatoms. The lowest BCUT2D eigenvalue weighted by Gasteiger charge is -2.30. The number of aromatic nitrogens is 1. The van der Waals surface area contributed by atoms with Crippen LogP contribution < -0.4 is 5.32 Å². The molecule has 2 amide bonds. The van der Waals surface area contributed by atoms with Gasteiger partial charge < -0.3 is 15.3 Å². The fourth-order valence-corrected chi connectivity index (χ4v) is 2.30. The zero-order valence-corrected chi connectivity index (χ0v) is 11.3. The lowest BCUT2D eigenvalue weighted by molar-refractivity contribution is -0.143. The van der Waals surface area contributed by atoms with Crippen LogP contribution in [-0.2, 0) is 11.2 Å². The average molecular weight is 277 g/mol. The predicted molar refractivity (Wildman–Crippen MR) is 73.3 cm³/mol. The molecule has 0 saturated carbocycles. The second kappa shape index (κ2) is 6.88. The number of amides is 2. The Labute approximate surface area is 117 Å². The largest absolute Gasteiger partial charge is 0.481 e. The molecule has 1 aliphatic rings. The Kier molecular flexibility index (Phi) is 4.92. The predicted octanol–water partition coefficient (Wildman–Crippen LogP) is 1.13. The topological polar surface area (TPSA) is 82.5 Å². The molecular formula is C14H19N3O3. The van der Waals surface area contributed by atoms with Gasteiger partial charge in [0.25, 0.3) is 0 Å². The van der Waals surface area contributed by atoms with E-state index in [-0.39, 0.29) is 11.9 Å². The van der Waals surface area contributed by atoms with Gasteiger partial charge in [0.05, 0.1) is 5.92 Å². The number of likely N-dealkylation sites (tertiary alicyclic amines) is 1. The van der Waals surface area contributed by atoms with Gasteiger partial charge in [-0.3, -0.25) is 9.78 Å². The molecule has 0 radical (unpaired) electrons. The third-order valence-corrected chi connectivity index (χ3v) is 3.57. The third kappa shape index (κ3) is 3.94. The molecule has 2 rings (SSSR count). The summed E-state index contributed by atoms with van der Waals surface area (Å²) in [7, 11) is 0. The van der Waals surface area contributed by atoms with Crippen LogP contribution in [0.3, 0.4) is 0 Å². The highest BCUT2D eigenvalue weighted by Gasteiger charge is 2.26. The number of carboxylic acids is 1. The van der Waals surface area contributed by atoms with Crippen LogP contribution in [-0.4, -0.2) is 46.6 Å². The second-order valence-corrected chi connectivity index (χ2v) is 4.94. The first-order chi connectivity index (χ1) is 9.66. The quantitative estimate of drug-likeness (QED) is 0.864. The van der Waals surface area contributed by atoms with E-state index in [4.69, 9.17) is 5.11 Å². The SMILES string of the molecule is O=C(O)C1CCN(C(=O)NCCc2ccncc2)CC1. The Hall–Kier alpha value is -2.11. The minimum absolute atomic E-state index is 0.108. The van der Waals surface area contributed by atoms with E-state index in [1.807, 2.05) is 12.1 Å². The molecule has 0 aliphatic carbocycles. The second-order valence-electron chi connectivity index (χ2n) is 4.94. The number of nitrogens with one attached hydrogen (secondary N) is 1. The Morgan fingerprint density at radius 3 is 2.55 bits per heavy atom. The average Bonchev–Trinajstić information content (AvgIpc) is 2.48. The molecule has 20 heavy (non-hydrogen) atoms. The number of hydrogen-bond acceptors (Lipinski definition) is 3. The first-order valence-corrected chi connectivity index (χ1v) is 6.81. The van der Waals surface area contributed by atoms with E-state index in [0.717, 1.165) is 12.0 Å². The van der Waals surface area contributed by atoms with E-state index in [2.05, 4.69) is 10.3 Å². The maximum atomic E-state index is 11.9.